The molecular formula is C9H9N3O4S. The highest BCUT2D eigenvalue weighted by atomic mass is 32.2. The molecule has 0 radical (unpaired) electrons. The van der Waals surface area contributed by atoms with Crippen LogP contribution in [0.5, 0.6) is 0 Å². The van der Waals surface area contributed by atoms with Gasteiger partial charge >= 0.3 is 0 Å². The number of aliphatic hydroxyl groups is 2. The minimum absolute atomic E-state index is 0.0781. The van der Waals surface area contributed by atoms with E-state index in [1.807, 2.05) is 0 Å². The maximum absolute atomic E-state index is 10.5. The second-order valence-electron chi connectivity index (χ2n) is 3.06. The summed E-state index contributed by atoms with van der Waals surface area (Å²) in [7, 11) is 0. The van der Waals surface area contributed by atoms with E-state index in [9.17, 15) is 10.1 Å². The lowest BCUT2D eigenvalue weighted by Gasteiger charge is -2.06. The topological polar surface area (TPSA) is 120 Å². The third-order valence-electron chi connectivity index (χ3n) is 1.79. The first kappa shape index (κ1) is 13.4. The SMILES string of the molecule is N#Cc1cc([N+](=O)[O-])cnc1SCC(O)CO. The van der Waals surface area contributed by atoms with E-state index >= 15 is 0 Å². The van der Waals surface area contributed by atoms with Crippen LogP contribution >= 0.6 is 11.8 Å². The van der Waals surface area contributed by atoms with Crippen LogP contribution in [0.25, 0.3) is 0 Å². The normalized spacial score (nSPS) is 11.8. The standard InChI is InChI=1S/C9H9N3O4S/c10-2-6-1-7(12(15)16)3-11-9(6)17-5-8(14)4-13/h1,3,8,13-14H,4-5H2. The number of nitriles is 1. The molecular weight excluding hydrogens is 246 g/mol. The summed E-state index contributed by atoms with van der Waals surface area (Å²) in [6.45, 7) is -0.387. The maximum Gasteiger partial charge on any atom is 0.288 e. The van der Waals surface area contributed by atoms with Crippen molar-refractivity contribution in [2.45, 2.75) is 11.1 Å². The molecule has 1 aromatic heterocycles. The van der Waals surface area contributed by atoms with E-state index in [0.29, 0.717) is 5.03 Å². The van der Waals surface area contributed by atoms with E-state index < -0.39 is 11.0 Å². The number of aromatic nitrogens is 1. The van der Waals surface area contributed by atoms with Gasteiger partial charge in [-0.2, -0.15) is 5.26 Å². The number of nitro groups is 1. The Morgan fingerprint density at radius 2 is 2.41 bits per heavy atom. The first-order chi connectivity index (χ1) is 8.08. The second kappa shape index (κ2) is 6.15. The van der Waals surface area contributed by atoms with Crippen molar-refractivity contribution in [3.63, 3.8) is 0 Å². The van der Waals surface area contributed by atoms with Crippen molar-refractivity contribution >= 4 is 17.4 Å². The fraction of sp³-hybridized carbons (Fsp3) is 0.333. The average molecular weight is 255 g/mol. The van der Waals surface area contributed by atoms with Gasteiger partial charge in [-0.3, -0.25) is 10.1 Å². The molecule has 0 aliphatic heterocycles. The van der Waals surface area contributed by atoms with E-state index in [1.54, 1.807) is 6.07 Å². The third kappa shape index (κ3) is 3.67. The van der Waals surface area contributed by atoms with Crippen LogP contribution in [-0.4, -0.2) is 38.6 Å². The Morgan fingerprint density at radius 1 is 1.71 bits per heavy atom. The van der Waals surface area contributed by atoms with Gasteiger partial charge in [0.05, 0.1) is 23.2 Å². The molecule has 1 unspecified atom stereocenters. The van der Waals surface area contributed by atoms with Gasteiger partial charge in [0.1, 0.15) is 17.3 Å². The lowest BCUT2D eigenvalue weighted by Crippen LogP contribution is -2.14. The number of aliphatic hydroxyl groups excluding tert-OH is 2. The summed E-state index contributed by atoms with van der Waals surface area (Å²) >= 11 is 1.06. The molecule has 0 aliphatic carbocycles. The lowest BCUT2D eigenvalue weighted by molar-refractivity contribution is -0.385. The molecule has 90 valence electrons. The number of pyridine rings is 1. The predicted molar refractivity (Wildman–Crippen MR) is 59.4 cm³/mol. The third-order valence-corrected chi connectivity index (χ3v) is 2.94. The van der Waals surface area contributed by atoms with Gasteiger partial charge in [-0.15, -0.1) is 11.8 Å². The first-order valence-corrected chi connectivity index (χ1v) is 5.53. The summed E-state index contributed by atoms with van der Waals surface area (Å²) in [5.41, 5.74) is -0.178. The molecule has 1 atom stereocenters. The van der Waals surface area contributed by atoms with Crippen LogP contribution in [0.4, 0.5) is 5.69 Å². The molecule has 0 fully saturated rings. The van der Waals surface area contributed by atoms with Gasteiger partial charge in [-0.1, -0.05) is 0 Å². The molecule has 0 spiro atoms. The summed E-state index contributed by atoms with van der Waals surface area (Å²) in [4.78, 5) is 13.6. The number of hydrogen-bond acceptors (Lipinski definition) is 7. The predicted octanol–water partition coefficient (Wildman–Crippen LogP) is 0.307. The van der Waals surface area contributed by atoms with E-state index in [0.717, 1.165) is 24.0 Å². The minimum atomic E-state index is -0.913. The van der Waals surface area contributed by atoms with Crippen molar-refractivity contribution in [1.29, 1.82) is 5.26 Å². The minimum Gasteiger partial charge on any atom is -0.394 e. The van der Waals surface area contributed by atoms with Crippen LogP contribution in [-0.2, 0) is 0 Å². The molecule has 0 saturated carbocycles. The molecule has 0 saturated heterocycles. The molecule has 1 rings (SSSR count). The molecule has 17 heavy (non-hydrogen) atoms. The van der Waals surface area contributed by atoms with Crippen molar-refractivity contribution in [1.82, 2.24) is 4.98 Å². The first-order valence-electron chi connectivity index (χ1n) is 4.54. The number of hydrogen-bond donors (Lipinski definition) is 2. The van der Waals surface area contributed by atoms with Crippen molar-refractivity contribution in [2.24, 2.45) is 0 Å². The van der Waals surface area contributed by atoms with Gasteiger partial charge in [0.2, 0.25) is 0 Å². The van der Waals surface area contributed by atoms with Crippen molar-refractivity contribution in [3.8, 4) is 6.07 Å². The summed E-state index contributed by atoms with van der Waals surface area (Å²) in [5.74, 6) is 0.163. The van der Waals surface area contributed by atoms with Gasteiger partial charge in [-0.25, -0.2) is 4.98 Å². The largest absolute Gasteiger partial charge is 0.394 e. The van der Waals surface area contributed by atoms with Gasteiger partial charge in [0.25, 0.3) is 5.69 Å². The highest BCUT2D eigenvalue weighted by molar-refractivity contribution is 7.99. The highest BCUT2D eigenvalue weighted by Gasteiger charge is 2.13. The Labute approximate surface area is 101 Å². The van der Waals surface area contributed by atoms with Crippen molar-refractivity contribution in [2.75, 3.05) is 12.4 Å². The molecule has 0 bridgehead atoms. The van der Waals surface area contributed by atoms with Gasteiger partial charge in [-0.05, 0) is 0 Å². The second-order valence-corrected chi connectivity index (χ2v) is 4.07. The summed E-state index contributed by atoms with van der Waals surface area (Å²) in [6.07, 6.45) is 0.137. The van der Waals surface area contributed by atoms with Gasteiger partial charge in [0, 0.05) is 11.8 Å². The molecule has 0 amide bonds. The number of nitrogens with zero attached hydrogens (tertiary/aromatic N) is 3. The van der Waals surface area contributed by atoms with Crippen molar-refractivity contribution in [3.05, 3.63) is 27.9 Å². The maximum atomic E-state index is 10.5. The zero-order valence-electron chi connectivity index (χ0n) is 8.61. The van der Waals surface area contributed by atoms with Crippen LogP contribution in [0.2, 0.25) is 0 Å². The number of thioether (sulfide) groups is 1. The zero-order chi connectivity index (χ0) is 12.8. The fourth-order valence-corrected chi connectivity index (χ4v) is 1.81. The van der Waals surface area contributed by atoms with Gasteiger partial charge < -0.3 is 10.2 Å². The quantitative estimate of drug-likeness (QED) is 0.441. The lowest BCUT2D eigenvalue weighted by atomic mass is 10.3. The highest BCUT2D eigenvalue weighted by Crippen LogP contribution is 2.23. The Morgan fingerprint density at radius 3 is 2.94 bits per heavy atom. The molecule has 2 N–H and O–H groups in total. The molecule has 1 aromatic rings. The fourth-order valence-electron chi connectivity index (χ4n) is 0.964. The summed E-state index contributed by atoms with van der Waals surface area (Å²) in [5, 5.41) is 37.3. The Balaban J connectivity index is 2.87. The van der Waals surface area contributed by atoms with Gasteiger partial charge in [0.15, 0.2) is 0 Å². The Bertz CT molecular complexity index is 460. The molecule has 8 heteroatoms. The van der Waals surface area contributed by atoms with Crippen LogP contribution in [0.15, 0.2) is 17.3 Å². The Hall–Kier alpha value is -1.69. The van der Waals surface area contributed by atoms with Crippen LogP contribution in [0, 0.1) is 21.4 Å². The van der Waals surface area contributed by atoms with E-state index in [2.05, 4.69) is 4.98 Å². The number of rotatable bonds is 5. The van der Waals surface area contributed by atoms with Crippen molar-refractivity contribution < 1.29 is 15.1 Å². The van der Waals surface area contributed by atoms with E-state index in [4.69, 9.17) is 15.5 Å². The molecule has 0 aromatic carbocycles. The molecule has 0 aliphatic rings. The van der Waals surface area contributed by atoms with E-state index in [-0.39, 0.29) is 23.6 Å². The Kier molecular flexibility index (Phi) is 4.84. The summed E-state index contributed by atoms with van der Waals surface area (Å²) in [6, 6.07) is 2.93. The zero-order valence-corrected chi connectivity index (χ0v) is 9.42. The monoisotopic (exact) mass is 255 g/mol. The van der Waals surface area contributed by atoms with Crippen LogP contribution in [0.3, 0.4) is 0 Å². The summed E-state index contributed by atoms with van der Waals surface area (Å²) < 4.78 is 0. The molecule has 1 heterocycles. The van der Waals surface area contributed by atoms with Crippen LogP contribution in [0.1, 0.15) is 5.56 Å². The smallest absolute Gasteiger partial charge is 0.288 e. The average Bonchev–Trinajstić information content (AvgIpc) is 2.35. The van der Waals surface area contributed by atoms with Crippen LogP contribution < -0.4 is 0 Å². The van der Waals surface area contributed by atoms with E-state index in [1.165, 1.54) is 0 Å². The molecule has 7 nitrogen and oxygen atoms in total.